The van der Waals surface area contributed by atoms with Gasteiger partial charge in [0, 0.05) is 17.6 Å². The van der Waals surface area contributed by atoms with E-state index in [-0.39, 0.29) is 11.3 Å². The quantitative estimate of drug-likeness (QED) is 0.581. The number of nitrogens with zero attached hydrogens (tertiary/aromatic N) is 3. The number of hydrogen-bond donors (Lipinski definition) is 0. The summed E-state index contributed by atoms with van der Waals surface area (Å²) in [6, 6.07) is 1.92. The predicted molar refractivity (Wildman–Crippen MR) is 58.3 cm³/mol. The molecule has 0 amide bonds. The second-order valence-electron chi connectivity index (χ2n) is 3.57. The number of rotatable bonds is 2. The third kappa shape index (κ3) is 1.61. The van der Waals surface area contributed by atoms with Crippen LogP contribution in [-0.4, -0.2) is 20.8 Å². The van der Waals surface area contributed by atoms with Crippen LogP contribution in [0.2, 0.25) is 5.28 Å². The molecule has 2 heterocycles. The van der Waals surface area contributed by atoms with Gasteiger partial charge >= 0.3 is 0 Å². The first-order chi connectivity index (χ1) is 7.13. The molecule has 2 aromatic heterocycles. The molecule has 2 aromatic rings. The number of carbonyl (C=O) groups is 1. The smallest absolute Gasteiger partial charge is 0.224 e. The Morgan fingerprint density at radius 2 is 2.27 bits per heavy atom. The Morgan fingerprint density at radius 3 is 2.87 bits per heavy atom. The van der Waals surface area contributed by atoms with Crippen LogP contribution in [0.1, 0.15) is 30.4 Å². The Morgan fingerprint density at radius 1 is 1.53 bits per heavy atom. The lowest BCUT2D eigenvalue weighted by atomic mass is 10.3. The summed E-state index contributed by atoms with van der Waals surface area (Å²) in [7, 11) is 0. The van der Waals surface area contributed by atoms with Gasteiger partial charge in [0.15, 0.2) is 6.29 Å². The molecule has 0 unspecified atom stereocenters. The van der Waals surface area contributed by atoms with Gasteiger partial charge in [-0.05, 0) is 31.5 Å². The van der Waals surface area contributed by atoms with E-state index in [1.807, 2.05) is 18.4 Å². The molecule has 0 aliphatic rings. The maximum Gasteiger partial charge on any atom is 0.224 e. The highest BCUT2D eigenvalue weighted by Gasteiger charge is 2.12. The molecular weight excluding hydrogens is 214 g/mol. The molecule has 0 saturated carbocycles. The fourth-order valence-corrected chi connectivity index (χ4v) is 1.77. The Kier molecular flexibility index (Phi) is 2.44. The second-order valence-corrected chi connectivity index (χ2v) is 3.91. The van der Waals surface area contributed by atoms with Crippen molar-refractivity contribution in [2.45, 2.75) is 19.9 Å². The molecule has 0 saturated heterocycles. The normalized spacial score (nSPS) is 11.2. The van der Waals surface area contributed by atoms with Crippen LogP contribution in [-0.2, 0) is 0 Å². The lowest BCUT2D eigenvalue weighted by molar-refractivity contribution is 0.111. The van der Waals surface area contributed by atoms with Crippen LogP contribution in [0.5, 0.6) is 0 Å². The number of aromatic nitrogens is 3. The first-order valence-electron chi connectivity index (χ1n) is 4.62. The van der Waals surface area contributed by atoms with Gasteiger partial charge in [0.05, 0.1) is 5.69 Å². The third-order valence-corrected chi connectivity index (χ3v) is 2.40. The fourth-order valence-electron chi connectivity index (χ4n) is 1.64. The van der Waals surface area contributed by atoms with E-state index in [9.17, 15) is 4.79 Å². The van der Waals surface area contributed by atoms with E-state index in [2.05, 4.69) is 9.97 Å². The van der Waals surface area contributed by atoms with Crippen molar-refractivity contribution in [3.8, 4) is 0 Å². The van der Waals surface area contributed by atoms with Gasteiger partial charge < -0.3 is 4.57 Å². The van der Waals surface area contributed by atoms with Crippen LogP contribution in [0.3, 0.4) is 0 Å². The number of fused-ring (bicyclic) bond motifs is 1. The zero-order valence-corrected chi connectivity index (χ0v) is 9.19. The highest BCUT2D eigenvalue weighted by molar-refractivity contribution is 6.28. The van der Waals surface area contributed by atoms with Crippen LogP contribution < -0.4 is 0 Å². The Bertz CT molecular complexity index is 519. The summed E-state index contributed by atoms with van der Waals surface area (Å²) >= 11 is 5.72. The molecule has 15 heavy (non-hydrogen) atoms. The summed E-state index contributed by atoms with van der Waals surface area (Å²) in [5.74, 6) is 0. The molecule has 0 N–H and O–H groups in total. The topological polar surface area (TPSA) is 47.8 Å². The van der Waals surface area contributed by atoms with E-state index in [0.717, 1.165) is 11.7 Å². The Labute approximate surface area is 91.9 Å². The molecule has 2 rings (SSSR count). The summed E-state index contributed by atoms with van der Waals surface area (Å²) in [5.41, 5.74) is 1.30. The van der Waals surface area contributed by atoms with E-state index < -0.39 is 0 Å². The average molecular weight is 224 g/mol. The molecule has 0 radical (unpaired) electrons. The minimum absolute atomic E-state index is 0.161. The largest absolute Gasteiger partial charge is 0.320 e. The number of hydrogen-bond acceptors (Lipinski definition) is 3. The minimum atomic E-state index is 0.161. The summed E-state index contributed by atoms with van der Waals surface area (Å²) in [4.78, 5) is 18.9. The Hall–Kier alpha value is -1.42. The van der Waals surface area contributed by atoms with Gasteiger partial charge in [0.25, 0.3) is 0 Å². The summed E-state index contributed by atoms with van der Waals surface area (Å²) < 4.78 is 1.84. The molecule has 0 aliphatic heterocycles. The minimum Gasteiger partial charge on any atom is -0.320 e. The van der Waals surface area contributed by atoms with E-state index >= 15 is 0 Å². The molecule has 78 valence electrons. The van der Waals surface area contributed by atoms with Gasteiger partial charge in [0.1, 0.15) is 5.65 Å². The standard InChI is InChI=1S/C10H10ClN3O/c1-6(2)14-8(5-15)3-7-4-12-10(11)13-9(7)14/h3-6H,1-2H3. The van der Waals surface area contributed by atoms with Crippen molar-refractivity contribution in [3.05, 3.63) is 23.2 Å². The van der Waals surface area contributed by atoms with Crippen molar-refractivity contribution in [2.24, 2.45) is 0 Å². The van der Waals surface area contributed by atoms with Crippen LogP contribution >= 0.6 is 11.6 Å². The maximum absolute atomic E-state index is 10.9. The SMILES string of the molecule is CC(C)n1c(C=O)cc2cnc(Cl)nc21. The van der Waals surface area contributed by atoms with Crippen molar-refractivity contribution in [1.29, 1.82) is 0 Å². The first-order valence-corrected chi connectivity index (χ1v) is 5.00. The molecular formula is C10H10ClN3O. The highest BCUT2D eigenvalue weighted by atomic mass is 35.5. The van der Waals surface area contributed by atoms with Crippen molar-refractivity contribution in [1.82, 2.24) is 14.5 Å². The van der Waals surface area contributed by atoms with Gasteiger partial charge in [-0.2, -0.15) is 4.98 Å². The van der Waals surface area contributed by atoms with Gasteiger partial charge in [0.2, 0.25) is 5.28 Å². The molecule has 0 spiro atoms. The highest BCUT2D eigenvalue weighted by Crippen LogP contribution is 2.21. The zero-order chi connectivity index (χ0) is 11.0. The summed E-state index contributed by atoms with van der Waals surface area (Å²) in [6.45, 7) is 3.98. The van der Waals surface area contributed by atoms with Crippen molar-refractivity contribution < 1.29 is 4.79 Å². The molecule has 0 bridgehead atoms. The molecule has 0 fully saturated rings. The summed E-state index contributed by atoms with van der Waals surface area (Å²) in [5, 5.41) is 1.02. The third-order valence-electron chi connectivity index (χ3n) is 2.21. The number of carbonyl (C=O) groups excluding carboxylic acids is 1. The number of aldehydes is 1. The summed E-state index contributed by atoms with van der Waals surface area (Å²) in [6.07, 6.45) is 2.44. The zero-order valence-electron chi connectivity index (χ0n) is 8.44. The molecule has 0 atom stereocenters. The fraction of sp³-hybridized carbons (Fsp3) is 0.300. The van der Waals surface area contributed by atoms with E-state index in [4.69, 9.17) is 11.6 Å². The lowest BCUT2D eigenvalue weighted by Crippen LogP contribution is -2.05. The Balaban J connectivity index is 2.82. The monoisotopic (exact) mass is 223 g/mol. The van der Waals surface area contributed by atoms with Gasteiger partial charge in [-0.3, -0.25) is 4.79 Å². The lowest BCUT2D eigenvalue weighted by Gasteiger charge is -2.10. The number of halogens is 1. The van der Waals surface area contributed by atoms with Crippen LogP contribution in [0.4, 0.5) is 0 Å². The molecule has 0 aromatic carbocycles. The second kappa shape index (κ2) is 3.62. The van der Waals surface area contributed by atoms with E-state index in [1.54, 1.807) is 12.3 Å². The van der Waals surface area contributed by atoms with Crippen LogP contribution in [0, 0.1) is 0 Å². The average Bonchev–Trinajstić information content (AvgIpc) is 2.55. The molecule has 5 heteroatoms. The van der Waals surface area contributed by atoms with Crippen LogP contribution in [0.25, 0.3) is 11.0 Å². The van der Waals surface area contributed by atoms with Crippen molar-refractivity contribution in [2.75, 3.05) is 0 Å². The van der Waals surface area contributed by atoms with Crippen molar-refractivity contribution in [3.63, 3.8) is 0 Å². The van der Waals surface area contributed by atoms with Crippen LogP contribution in [0.15, 0.2) is 12.3 Å². The van der Waals surface area contributed by atoms with Crippen molar-refractivity contribution >= 4 is 28.9 Å². The van der Waals surface area contributed by atoms with E-state index in [0.29, 0.717) is 11.3 Å². The van der Waals surface area contributed by atoms with Gasteiger partial charge in [-0.15, -0.1) is 0 Å². The van der Waals surface area contributed by atoms with Gasteiger partial charge in [-0.1, -0.05) is 0 Å². The van der Waals surface area contributed by atoms with Gasteiger partial charge in [-0.25, -0.2) is 4.98 Å². The molecule has 0 aliphatic carbocycles. The van der Waals surface area contributed by atoms with E-state index in [1.165, 1.54) is 0 Å². The molecule has 4 nitrogen and oxygen atoms in total. The maximum atomic E-state index is 10.9. The first kappa shape index (κ1) is 10.1. The predicted octanol–water partition coefficient (Wildman–Crippen LogP) is 2.48.